The number of nitrogens with zero attached hydrogens (tertiary/aromatic N) is 2. The highest BCUT2D eigenvalue weighted by Crippen LogP contribution is 2.12. The van der Waals surface area contributed by atoms with Crippen molar-refractivity contribution >= 4 is 21.7 Å². The predicted octanol–water partition coefficient (Wildman–Crippen LogP) is 1.32. The molecule has 2 rings (SSSR count). The number of rotatable bonds is 3. The number of nitrogens with one attached hydrogen (secondary N) is 1. The Bertz CT molecular complexity index is 596. The van der Waals surface area contributed by atoms with Gasteiger partial charge in [-0.25, -0.2) is 17.6 Å². The summed E-state index contributed by atoms with van der Waals surface area (Å²) in [5, 5.41) is 2.66. The SMILES string of the molecule is CCS(=O)(=O)N1CCN(C(=O)Nc2ccc(F)cc2)CC1. The van der Waals surface area contributed by atoms with Crippen LogP contribution >= 0.6 is 0 Å². The van der Waals surface area contributed by atoms with Gasteiger partial charge in [-0.05, 0) is 31.2 Å². The van der Waals surface area contributed by atoms with Crippen LogP contribution in [0.4, 0.5) is 14.9 Å². The van der Waals surface area contributed by atoms with Gasteiger partial charge in [0, 0.05) is 31.9 Å². The molecule has 0 saturated carbocycles. The summed E-state index contributed by atoms with van der Waals surface area (Å²) in [4.78, 5) is 13.6. The van der Waals surface area contributed by atoms with Crippen LogP contribution in [-0.4, -0.2) is 55.6 Å². The molecule has 0 aliphatic carbocycles. The van der Waals surface area contributed by atoms with Crippen LogP contribution in [0.2, 0.25) is 0 Å². The van der Waals surface area contributed by atoms with Gasteiger partial charge < -0.3 is 10.2 Å². The first-order valence-corrected chi connectivity index (χ1v) is 8.32. The van der Waals surface area contributed by atoms with Crippen molar-refractivity contribution in [3.63, 3.8) is 0 Å². The molecule has 0 atom stereocenters. The first kappa shape index (κ1) is 15.7. The van der Waals surface area contributed by atoms with E-state index in [1.807, 2.05) is 0 Å². The fraction of sp³-hybridized carbons (Fsp3) is 0.462. The average molecular weight is 315 g/mol. The molecule has 1 fully saturated rings. The lowest BCUT2D eigenvalue weighted by Crippen LogP contribution is -2.51. The molecule has 0 aromatic heterocycles. The Morgan fingerprint density at radius 3 is 2.29 bits per heavy atom. The monoisotopic (exact) mass is 315 g/mol. The molecule has 2 amide bonds. The number of sulfonamides is 1. The lowest BCUT2D eigenvalue weighted by atomic mass is 10.3. The predicted molar refractivity (Wildman–Crippen MR) is 78.0 cm³/mol. The minimum Gasteiger partial charge on any atom is -0.322 e. The lowest BCUT2D eigenvalue weighted by Gasteiger charge is -2.33. The van der Waals surface area contributed by atoms with Gasteiger partial charge in [0.05, 0.1) is 5.75 Å². The van der Waals surface area contributed by atoms with Crippen LogP contribution in [0.25, 0.3) is 0 Å². The van der Waals surface area contributed by atoms with E-state index in [1.54, 1.807) is 11.8 Å². The van der Waals surface area contributed by atoms with Gasteiger partial charge in [-0.3, -0.25) is 0 Å². The van der Waals surface area contributed by atoms with Gasteiger partial charge in [-0.1, -0.05) is 0 Å². The van der Waals surface area contributed by atoms with Crippen LogP contribution in [0.1, 0.15) is 6.92 Å². The zero-order chi connectivity index (χ0) is 15.5. The summed E-state index contributed by atoms with van der Waals surface area (Å²) in [7, 11) is -3.20. The third kappa shape index (κ3) is 3.92. The minimum absolute atomic E-state index is 0.0643. The van der Waals surface area contributed by atoms with Crippen molar-refractivity contribution < 1.29 is 17.6 Å². The number of piperazine rings is 1. The van der Waals surface area contributed by atoms with Crippen molar-refractivity contribution in [3.8, 4) is 0 Å². The summed E-state index contributed by atoms with van der Waals surface area (Å²) >= 11 is 0. The van der Waals surface area contributed by atoms with Crippen molar-refractivity contribution in [2.75, 3.05) is 37.2 Å². The van der Waals surface area contributed by atoms with Crippen LogP contribution in [0, 0.1) is 5.82 Å². The van der Waals surface area contributed by atoms with E-state index in [0.717, 1.165) is 0 Å². The van der Waals surface area contributed by atoms with E-state index >= 15 is 0 Å². The van der Waals surface area contributed by atoms with Gasteiger partial charge in [0.1, 0.15) is 5.82 Å². The maximum atomic E-state index is 12.8. The molecule has 1 saturated heterocycles. The number of anilines is 1. The van der Waals surface area contributed by atoms with Gasteiger partial charge in [0.25, 0.3) is 0 Å². The zero-order valence-electron chi connectivity index (χ0n) is 11.8. The van der Waals surface area contributed by atoms with E-state index in [1.165, 1.54) is 28.6 Å². The smallest absolute Gasteiger partial charge is 0.321 e. The normalized spacial score (nSPS) is 16.8. The van der Waals surface area contributed by atoms with E-state index in [4.69, 9.17) is 0 Å². The molecule has 116 valence electrons. The van der Waals surface area contributed by atoms with Gasteiger partial charge >= 0.3 is 6.03 Å². The van der Waals surface area contributed by atoms with E-state index in [-0.39, 0.29) is 17.6 Å². The summed E-state index contributed by atoms with van der Waals surface area (Å²) in [6.45, 7) is 2.88. The minimum atomic E-state index is -3.20. The maximum Gasteiger partial charge on any atom is 0.321 e. The molecule has 0 bridgehead atoms. The molecule has 8 heteroatoms. The Kier molecular flexibility index (Phi) is 4.79. The summed E-state index contributed by atoms with van der Waals surface area (Å²) in [5.41, 5.74) is 0.505. The Hall–Kier alpha value is -1.67. The van der Waals surface area contributed by atoms with Crippen molar-refractivity contribution in [2.45, 2.75) is 6.92 Å². The Labute approximate surface area is 123 Å². The summed E-state index contributed by atoms with van der Waals surface area (Å²) < 4.78 is 37.6. The van der Waals surface area contributed by atoms with Gasteiger partial charge in [0.2, 0.25) is 10.0 Å². The molecular weight excluding hydrogens is 297 g/mol. The standard InChI is InChI=1S/C13H18FN3O3S/c1-2-21(19,20)17-9-7-16(8-10-17)13(18)15-12-5-3-11(14)4-6-12/h3-6H,2,7-10H2,1H3,(H,15,18). The van der Waals surface area contributed by atoms with Gasteiger partial charge in [0.15, 0.2) is 0 Å². The van der Waals surface area contributed by atoms with E-state index in [0.29, 0.717) is 31.9 Å². The van der Waals surface area contributed by atoms with E-state index < -0.39 is 10.0 Å². The Morgan fingerprint density at radius 1 is 1.19 bits per heavy atom. The van der Waals surface area contributed by atoms with Crippen molar-refractivity contribution in [1.82, 2.24) is 9.21 Å². The maximum absolute atomic E-state index is 12.8. The lowest BCUT2D eigenvalue weighted by molar-refractivity contribution is 0.184. The molecule has 1 aliphatic heterocycles. The topological polar surface area (TPSA) is 69.7 Å². The molecular formula is C13H18FN3O3S. The van der Waals surface area contributed by atoms with Crippen LogP contribution in [0.3, 0.4) is 0 Å². The van der Waals surface area contributed by atoms with Crippen LogP contribution in [-0.2, 0) is 10.0 Å². The Morgan fingerprint density at radius 2 is 1.76 bits per heavy atom. The van der Waals surface area contributed by atoms with Crippen LogP contribution < -0.4 is 5.32 Å². The quantitative estimate of drug-likeness (QED) is 0.915. The highest BCUT2D eigenvalue weighted by Gasteiger charge is 2.27. The number of hydrogen-bond donors (Lipinski definition) is 1. The second kappa shape index (κ2) is 6.40. The fourth-order valence-electron chi connectivity index (χ4n) is 2.09. The number of benzene rings is 1. The number of hydrogen-bond acceptors (Lipinski definition) is 3. The van der Waals surface area contributed by atoms with Crippen LogP contribution in [0.5, 0.6) is 0 Å². The Balaban J connectivity index is 1.90. The molecule has 1 aliphatic rings. The summed E-state index contributed by atoms with van der Waals surface area (Å²) in [6, 6.07) is 5.17. The number of urea groups is 1. The first-order valence-electron chi connectivity index (χ1n) is 6.71. The van der Waals surface area contributed by atoms with E-state index in [2.05, 4.69) is 5.32 Å². The number of carbonyl (C=O) groups is 1. The molecule has 0 radical (unpaired) electrons. The summed E-state index contributed by atoms with van der Waals surface area (Å²) in [6.07, 6.45) is 0. The fourth-order valence-corrected chi connectivity index (χ4v) is 3.17. The van der Waals surface area contributed by atoms with Crippen molar-refractivity contribution in [1.29, 1.82) is 0 Å². The number of amides is 2. The highest BCUT2D eigenvalue weighted by molar-refractivity contribution is 7.89. The molecule has 1 heterocycles. The van der Waals surface area contributed by atoms with Gasteiger partial charge in [-0.2, -0.15) is 4.31 Å². The van der Waals surface area contributed by atoms with E-state index in [9.17, 15) is 17.6 Å². The molecule has 0 unspecified atom stereocenters. The molecule has 1 aromatic rings. The van der Waals surface area contributed by atoms with Crippen molar-refractivity contribution in [2.24, 2.45) is 0 Å². The van der Waals surface area contributed by atoms with Crippen molar-refractivity contribution in [3.05, 3.63) is 30.1 Å². The number of carbonyl (C=O) groups excluding carboxylic acids is 1. The first-order chi connectivity index (χ1) is 9.92. The third-order valence-corrected chi connectivity index (χ3v) is 5.26. The second-order valence-electron chi connectivity index (χ2n) is 4.72. The largest absolute Gasteiger partial charge is 0.322 e. The molecule has 1 aromatic carbocycles. The average Bonchev–Trinajstić information content (AvgIpc) is 2.49. The molecule has 6 nitrogen and oxygen atoms in total. The van der Waals surface area contributed by atoms with Crippen LogP contribution in [0.15, 0.2) is 24.3 Å². The molecule has 0 spiro atoms. The molecule has 21 heavy (non-hydrogen) atoms. The molecule has 1 N–H and O–H groups in total. The third-order valence-electron chi connectivity index (χ3n) is 3.38. The second-order valence-corrected chi connectivity index (χ2v) is 6.98. The summed E-state index contributed by atoms with van der Waals surface area (Å²) in [5.74, 6) is -0.305. The zero-order valence-corrected chi connectivity index (χ0v) is 12.6. The van der Waals surface area contributed by atoms with Gasteiger partial charge in [-0.15, -0.1) is 0 Å². The highest BCUT2D eigenvalue weighted by atomic mass is 32.2. The number of halogens is 1.